The van der Waals surface area contributed by atoms with E-state index in [1.54, 1.807) is 11.3 Å². The van der Waals surface area contributed by atoms with Crippen LogP contribution in [0.3, 0.4) is 0 Å². The molecular weight excluding hydrogens is 156 g/mol. The van der Waals surface area contributed by atoms with Crippen molar-refractivity contribution >= 4 is 11.3 Å². The largest absolute Gasteiger partial charge is 0.300 e. The minimum Gasteiger partial charge on any atom is -0.300 e. The van der Waals surface area contributed by atoms with Crippen molar-refractivity contribution < 1.29 is 0 Å². The maximum atomic E-state index is 3.24. The van der Waals surface area contributed by atoms with E-state index in [2.05, 4.69) is 41.8 Å². The Morgan fingerprint density at radius 1 is 1.55 bits per heavy atom. The Labute approximate surface area is 71.8 Å². The van der Waals surface area contributed by atoms with E-state index < -0.39 is 0 Å². The van der Waals surface area contributed by atoms with Crippen LogP contribution in [0.15, 0.2) is 17.5 Å². The molecule has 1 heterocycles. The maximum Gasteiger partial charge on any atom is 0.0947 e. The SMILES string of the molecule is CNC(c1cccs1)N(C)C. The van der Waals surface area contributed by atoms with Gasteiger partial charge in [0.15, 0.2) is 0 Å². The summed E-state index contributed by atoms with van der Waals surface area (Å²) in [6.45, 7) is 0. The van der Waals surface area contributed by atoms with Crippen molar-refractivity contribution in [3.63, 3.8) is 0 Å². The molecule has 2 nitrogen and oxygen atoms in total. The molecule has 0 saturated carbocycles. The van der Waals surface area contributed by atoms with Crippen LogP contribution in [-0.4, -0.2) is 26.0 Å². The van der Waals surface area contributed by atoms with Crippen molar-refractivity contribution in [3.05, 3.63) is 22.4 Å². The van der Waals surface area contributed by atoms with Gasteiger partial charge >= 0.3 is 0 Å². The van der Waals surface area contributed by atoms with Gasteiger partial charge in [-0.1, -0.05) is 6.07 Å². The zero-order valence-electron chi connectivity index (χ0n) is 7.16. The molecule has 1 unspecified atom stereocenters. The number of nitrogens with one attached hydrogen (secondary N) is 1. The monoisotopic (exact) mass is 170 g/mol. The first-order chi connectivity index (χ1) is 5.25. The average Bonchev–Trinajstić information content (AvgIpc) is 2.40. The second kappa shape index (κ2) is 3.85. The van der Waals surface area contributed by atoms with Gasteiger partial charge in [-0.15, -0.1) is 11.3 Å². The number of hydrogen-bond acceptors (Lipinski definition) is 3. The van der Waals surface area contributed by atoms with Crippen molar-refractivity contribution in [2.45, 2.75) is 6.17 Å². The van der Waals surface area contributed by atoms with Crippen LogP contribution in [0.2, 0.25) is 0 Å². The van der Waals surface area contributed by atoms with Crippen LogP contribution in [0.5, 0.6) is 0 Å². The summed E-state index contributed by atoms with van der Waals surface area (Å²) in [5, 5.41) is 5.34. The van der Waals surface area contributed by atoms with Gasteiger partial charge in [0.05, 0.1) is 6.17 Å². The minimum atomic E-state index is 0.356. The summed E-state index contributed by atoms with van der Waals surface area (Å²) in [4.78, 5) is 3.52. The Morgan fingerprint density at radius 3 is 2.64 bits per heavy atom. The summed E-state index contributed by atoms with van der Waals surface area (Å²) < 4.78 is 0. The number of hydrogen-bond donors (Lipinski definition) is 1. The topological polar surface area (TPSA) is 15.3 Å². The molecule has 0 bridgehead atoms. The van der Waals surface area contributed by atoms with Crippen LogP contribution in [0, 0.1) is 0 Å². The molecule has 1 rings (SSSR count). The fourth-order valence-corrected chi connectivity index (χ4v) is 2.03. The second-order valence-corrected chi connectivity index (χ2v) is 3.65. The minimum absolute atomic E-state index is 0.356. The van der Waals surface area contributed by atoms with Gasteiger partial charge < -0.3 is 5.32 Å². The number of rotatable bonds is 3. The molecule has 0 saturated heterocycles. The van der Waals surface area contributed by atoms with E-state index in [1.165, 1.54) is 4.88 Å². The third-order valence-corrected chi connectivity index (χ3v) is 2.53. The maximum absolute atomic E-state index is 3.24. The molecule has 0 fully saturated rings. The number of thiophene rings is 1. The van der Waals surface area contributed by atoms with Gasteiger partial charge in [0.1, 0.15) is 0 Å². The van der Waals surface area contributed by atoms with Gasteiger partial charge in [-0.2, -0.15) is 0 Å². The lowest BCUT2D eigenvalue weighted by Crippen LogP contribution is -2.29. The zero-order valence-corrected chi connectivity index (χ0v) is 7.98. The quantitative estimate of drug-likeness (QED) is 0.692. The van der Waals surface area contributed by atoms with Crippen LogP contribution in [-0.2, 0) is 0 Å². The van der Waals surface area contributed by atoms with Crippen molar-refractivity contribution in [3.8, 4) is 0 Å². The third-order valence-electron chi connectivity index (χ3n) is 1.60. The summed E-state index contributed by atoms with van der Waals surface area (Å²) in [5.41, 5.74) is 0. The van der Waals surface area contributed by atoms with Crippen molar-refractivity contribution in [1.29, 1.82) is 0 Å². The van der Waals surface area contributed by atoms with Crippen LogP contribution < -0.4 is 5.32 Å². The molecule has 0 aliphatic heterocycles. The molecule has 11 heavy (non-hydrogen) atoms. The first kappa shape index (κ1) is 8.71. The van der Waals surface area contributed by atoms with Crippen LogP contribution in [0.1, 0.15) is 11.0 Å². The summed E-state index contributed by atoms with van der Waals surface area (Å²) >= 11 is 1.78. The van der Waals surface area contributed by atoms with E-state index in [0.29, 0.717) is 6.17 Å². The molecule has 0 radical (unpaired) electrons. The van der Waals surface area contributed by atoms with Gasteiger partial charge in [-0.25, -0.2) is 0 Å². The van der Waals surface area contributed by atoms with Gasteiger partial charge in [0.2, 0.25) is 0 Å². The molecule has 0 spiro atoms. The molecule has 1 aromatic heterocycles. The third kappa shape index (κ3) is 2.02. The lowest BCUT2D eigenvalue weighted by Gasteiger charge is -2.21. The van der Waals surface area contributed by atoms with Gasteiger partial charge in [0.25, 0.3) is 0 Å². The zero-order chi connectivity index (χ0) is 8.27. The Kier molecular flexibility index (Phi) is 3.05. The molecule has 1 N–H and O–H groups in total. The van der Waals surface area contributed by atoms with Crippen LogP contribution >= 0.6 is 11.3 Å². The Bertz CT molecular complexity index is 194. The standard InChI is InChI=1S/C8H14N2S/c1-9-8(10(2)3)7-5-4-6-11-7/h4-6,8-9H,1-3H3. The van der Waals surface area contributed by atoms with E-state index in [4.69, 9.17) is 0 Å². The van der Waals surface area contributed by atoms with Crippen LogP contribution in [0.25, 0.3) is 0 Å². The first-order valence-electron chi connectivity index (χ1n) is 3.63. The highest BCUT2D eigenvalue weighted by molar-refractivity contribution is 7.10. The molecule has 3 heteroatoms. The predicted molar refractivity (Wildman–Crippen MR) is 49.8 cm³/mol. The average molecular weight is 170 g/mol. The lowest BCUT2D eigenvalue weighted by molar-refractivity contribution is 0.269. The summed E-state index contributed by atoms with van der Waals surface area (Å²) in [5.74, 6) is 0. The molecular formula is C8H14N2S. The van der Waals surface area contributed by atoms with Crippen molar-refractivity contribution in [1.82, 2.24) is 10.2 Å². The fourth-order valence-electron chi connectivity index (χ4n) is 1.10. The Morgan fingerprint density at radius 2 is 2.27 bits per heavy atom. The number of nitrogens with zero attached hydrogens (tertiary/aromatic N) is 1. The molecule has 0 aliphatic rings. The van der Waals surface area contributed by atoms with Crippen LogP contribution in [0.4, 0.5) is 0 Å². The smallest absolute Gasteiger partial charge is 0.0947 e. The Hall–Kier alpha value is -0.380. The van der Waals surface area contributed by atoms with E-state index in [1.807, 2.05) is 7.05 Å². The van der Waals surface area contributed by atoms with Gasteiger partial charge in [0, 0.05) is 4.88 Å². The van der Waals surface area contributed by atoms with Gasteiger partial charge in [-0.05, 0) is 32.6 Å². The van der Waals surface area contributed by atoms with E-state index in [-0.39, 0.29) is 0 Å². The van der Waals surface area contributed by atoms with Gasteiger partial charge in [-0.3, -0.25) is 4.90 Å². The van der Waals surface area contributed by atoms with E-state index in [0.717, 1.165) is 0 Å². The molecule has 0 aromatic carbocycles. The molecule has 1 aromatic rings. The molecule has 62 valence electrons. The van der Waals surface area contributed by atoms with Crippen molar-refractivity contribution in [2.75, 3.05) is 21.1 Å². The second-order valence-electron chi connectivity index (χ2n) is 2.67. The molecule has 0 amide bonds. The molecule has 0 aliphatic carbocycles. The van der Waals surface area contributed by atoms with E-state index >= 15 is 0 Å². The highest BCUT2D eigenvalue weighted by atomic mass is 32.1. The lowest BCUT2D eigenvalue weighted by atomic mass is 10.3. The fraction of sp³-hybridized carbons (Fsp3) is 0.500. The van der Waals surface area contributed by atoms with E-state index in [9.17, 15) is 0 Å². The van der Waals surface area contributed by atoms with Crippen molar-refractivity contribution in [2.24, 2.45) is 0 Å². The molecule has 1 atom stereocenters. The first-order valence-corrected chi connectivity index (χ1v) is 4.50. The summed E-state index contributed by atoms with van der Waals surface area (Å²) in [7, 11) is 6.12. The summed E-state index contributed by atoms with van der Waals surface area (Å²) in [6, 6.07) is 4.22. The Balaban J connectivity index is 2.71. The summed E-state index contributed by atoms with van der Waals surface area (Å²) in [6.07, 6.45) is 0.356. The predicted octanol–water partition coefficient (Wildman–Crippen LogP) is 1.53. The highest BCUT2D eigenvalue weighted by Crippen LogP contribution is 2.19. The normalized spacial score (nSPS) is 13.8. The highest BCUT2D eigenvalue weighted by Gasteiger charge is 2.10.